The Kier molecular flexibility index (Phi) is 3.45. The van der Waals surface area contributed by atoms with Crippen molar-refractivity contribution in [1.29, 1.82) is 0 Å². The molecule has 1 aliphatic carbocycles. The SMILES string of the molecule is CCCOC1=CC=C(N)C=CC1. The van der Waals surface area contributed by atoms with Gasteiger partial charge < -0.3 is 10.5 Å². The van der Waals surface area contributed by atoms with E-state index in [9.17, 15) is 0 Å². The van der Waals surface area contributed by atoms with E-state index in [1.165, 1.54) is 0 Å². The molecule has 66 valence electrons. The molecule has 0 radical (unpaired) electrons. The van der Waals surface area contributed by atoms with Gasteiger partial charge in [-0.3, -0.25) is 0 Å². The highest BCUT2D eigenvalue weighted by atomic mass is 16.5. The summed E-state index contributed by atoms with van der Waals surface area (Å²) in [5, 5.41) is 0. The van der Waals surface area contributed by atoms with Crippen molar-refractivity contribution in [2.75, 3.05) is 6.61 Å². The van der Waals surface area contributed by atoms with Crippen LogP contribution >= 0.6 is 0 Å². The highest BCUT2D eigenvalue weighted by Gasteiger charge is 1.96. The lowest BCUT2D eigenvalue weighted by atomic mass is 10.3. The number of hydrogen-bond donors (Lipinski definition) is 1. The molecule has 0 fully saturated rings. The fraction of sp³-hybridized carbons (Fsp3) is 0.400. The molecule has 0 atom stereocenters. The molecule has 0 aromatic heterocycles. The average Bonchev–Trinajstić information content (AvgIpc) is 2.27. The van der Waals surface area contributed by atoms with Crippen LogP contribution in [0.15, 0.2) is 35.8 Å². The number of ether oxygens (including phenoxy) is 1. The first-order valence-corrected chi connectivity index (χ1v) is 4.28. The first kappa shape index (κ1) is 8.91. The summed E-state index contributed by atoms with van der Waals surface area (Å²) >= 11 is 0. The van der Waals surface area contributed by atoms with Gasteiger partial charge in [-0.05, 0) is 24.6 Å². The number of rotatable bonds is 3. The fourth-order valence-corrected chi connectivity index (χ4v) is 0.964. The smallest absolute Gasteiger partial charge is 0.0998 e. The summed E-state index contributed by atoms with van der Waals surface area (Å²) in [6.07, 6.45) is 9.61. The second-order valence-corrected chi connectivity index (χ2v) is 2.75. The maximum Gasteiger partial charge on any atom is 0.0998 e. The lowest BCUT2D eigenvalue weighted by Crippen LogP contribution is -1.92. The Morgan fingerprint density at radius 3 is 3.08 bits per heavy atom. The fourth-order valence-electron chi connectivity index (χ4n) is 0.964. The number of hydrogen-bond acceptors (Lipinski definition) is 2. The maximum absolute atomic E-state index is 5.60. The zero-order chi connectivity index (χ0) is 8.81. The molecule has 1 aliphatic rings. The van der Waals surface area contributed by atoms with Crippen molar-refractivity contribution >= 4 is 0 Å². The van der Waals surface area contributed by atoms with Crippen molar-refractivity contribution in [2.45, 2.75) is 19.8 Å². The number of allylic oxidation sites excluding steroid dienone is 4. The van der Waals surface area contributed by atoms with Crippen molar-refractivity contribution in [3.63, 3.8) is 0 Å². The maximum atomic E-state index is 5.60. The largest absolute Gasteiger partial charge is 0.498 e. The van der Waals surface area contributed by atoms with Gasteiger partial charge in [0.15, 0.2) is 0 Å². The molecule has 0 spiro atoms. The molecule has 0 heterocycles. The van der Waals surface area contributed by atoms with E-state index in [1.807, 2.05) is 24.3 Å². The van der Waals surface area contributed by atoms with Crippen molar-refractivity contribution in [2.24, 2.45) is 5.73 Å². The third kappa shape index (κ3) is 2.82. The van der Waals surface area contributed by atoms with Gasteiger partial charge in [-0.25, -0.2) is 0 Å². The van der Waals surface area contributed by atoms with Crippen LogP contribution in [0, 0.1) is 0 Å². The Hall–Kier alpha value is -1.18. The van der Waals surface area contributed by atoms with E-state index in [1.54, 1.807) is 0 Å². The minimum atomic E-state index is 0.782. The molecule has 0 unspecified atom stereocenters. The molecule has 0 aliphatic heterocycles. The van der Waals surface area contributed by atoms with Gasteiger partial charge in [-0.2, -0.15) is 0 Å². The lowest BCUT2D eigenvalue weighted by molar-refractivity contribution is 0.208. The van der Waals surface area contributed by atoms with Crippen molar-refractivity contribution in [3.8, 4) is 0 Å². The molecule has 2 heteroatoms. The molecule has 0 aromatic carbocycles. The Bertz CT molecular complexity index is 226. The highest BCUT2D eigenvalue weighted by Crippen LogP contribution is 2.10. The first-order chi connectivity index (χ1) is 5.83. The Balaban J connectivity index is 2.50. The van der Waals surface area contributed by atoms with E-state index < -0.39 is 0 Å². The monoisotopic (exact) mass is 165 g/mol. The van der Waals surface area contributed by atoms with E-state index >= 15 is 0 Å². The third-order valence-corrected chi connectivity index (χ3v) is 1.58. The van der Waals surface area contributed by atoms with Crippen LogP contribution in [0.25, 0.3) is 0 Å². The Morgan fingerprint density at radius 2 is 2.33 bits per heavy atom. The lowest BCUT2D eigenvalue weighted by Gasteiger charge is -2.05. The van der Waals surface area contributed by atoms with Crippen LogP contribution in [0.5, 0.6) is 0 Å². The van der Waals surface area contributed by atoms with Crippen molar-refractivity contribution < 1.29 is 4.74 Å². The zero-order valence-corrected chi connectivity index (χ0v) is 7.42. The molecular formula is C10H15NO. The van der Waals surface area contributed by atoms with Crippen LogP contribution in [0.4, 0.5) is 0 Å². The Labute approximate surface area is 73.4 Å². The number of nitrogens with two attached hydrogens (primary N) is 1. The normalized spacial score (nSPS) is 16.4. The Morgan fingerprint density at radius 1 is 1.50 bits per heavy atom. The summed E-state index contributed by atoms with van der Waals surface area (Å²) in [5.41, 5.74) is 6.38. The quantitative estimate of drug-likeness (QED) is 0.695. The van der Waals surface area contributed by atoms with E-state index in [0.29, 0.717) is 0 Å². The topological polar surface area (TPSA) is 35.2 Å². The minimum absolute atomic E-state index is 0.782. The van der Waals surface area contributed by atoms with Gasteiger partial charge in [0.1, 0.15) is 0 Å². The van der Waals surface area contributed by atoms with E-state index in [-0.39, 0.29) is 0 Å². The van der Waals surface area contributed by atoms with E-state index in [4.69, 9.17) is 10.5 Å². The minimum Gasteiger partial charge on any atom is -0.498 e. The molecule has 0 saturated heterocycles. The van der Waals surface area contributed by atoms with Gasteiger partial charge in [0, 0.05) is 12.1 Å². The van der Waals surface area contributed by atoms with E-state index in [0.717, 1.165) is 30.9 Å². The standard InChI is InChI=1S/C10H15NO/c1-2-8-12-10-5-3-4-9(11)6-7-10/h3-4,6-7H,2,5,8,11H2,1H3. The zero-order valence-electron chi connectivity index (χ0n) is 7.42. The van der Waals surface area contributed by atoms with E-state index in [2.05, 4.69) is 6.92 Å². The summed E-state index contributed by atoms with van der Waals surface area (Å²) in [4.78, 5) is 0. The van der Waals surface area contributed by atoms with Crippen molar-refractivity contribution in [1.82, 2.24) is 0 Å². The molecule has 0 bridgehead atoms. The highest BCUT2D eigenvalue weighted by molar-refractivity contribution is 5.26. The molecular weight excluding hydrogens is 150 g/mol. The summed E-state index contributed by atoms with van der Waals surface area (Å²) in [6, 6.07) is 0. The average molecular weight is 165 g/mol. The van der Waals surface area contributed by atoms with Crippen molar-refractivity contribution in [3.05, 3.63) is 35.8 Å². The molecule has 2 nitrogen and oxygen atoms in total. The van der Waals surface area contributed by atoms with Gasteiger partial charge in [-0.1, -0.05) is 13.0 Å². The van der Waals surface area contributed by atoms with Gasteiger partial charge >= 0.3 is 0 Å². The van der Waals surface area contributed by atoms with Gasteiger partial charge in [0.05, 0.1) is 12.4 Å². The first-order valence-electron chi connectivity index (χ1n) is 4.28. The molecule has 1 rings (SSSR count). The summed E-state index contributed by atoms with van der Waals surface area (Å²) in [5.74, 6) is 0.994. The predicted molar refractivity (Wildman–Crippen MR) is 50.4 cm³/mol. The van der Waals surface area contributed by atoms with Crippen LogP contribution < -0.4 is 5.73 Å². The molecule has 0 saturated carbocycles. The van der Waals surface area contributed by atoms with Crippen LogP contribution in [0.2, 0.25) is 0 Å². The van der Waals surface area contributed by atoms with Crippen LogP contribution in [-0.4, -0.2) is 6.61 Å². The third-order valence-electron chi connectivity index (χ3n) is 1.58. The second-order valence-electron chi connectivity index (χ2n) is 2.75. The van der Waals surface area contributed by atoms with Gasteiger partial charge in [-0.15, -0.1) is 0 Å². The van der Waals surface area contributed by atoms with Gasteiger partial charge in [0.2, 0.25) is 0 Å². The van der Waals surface area contributed by atoms with Crippen LogP contribution in [-0.2, 0) is 4.74 Å². The molecule has 0 amide bonds. The second kappa shape index (κ2) is 4.65. The molecule has 0 aromatic rings. The molecule has 12 heavy (non-hydrogen) atoms. The predicted octanol–water partition coefficient (Wildman–Crippen LogP) is 2.10. The summed E-state index contributed by atoms with van der Waals surface area (Å²) in [6.45, 7) is 2.88. The van der Waals surface area contributed by atoms with Crippen LogP contribution in [0.1, 0.15) is 19.8 Å². The summed E-state index contributed by atoms with van der Waals surface area (Å²) < 4.78 is 5.47. The van der Waals surface area contributed by atoms with Gasteiger partial charge in [0.25, 0.3) is 0 Å². The molecule has 2 N–H and O–H groups in total. The van der Waals surface area contributed by atoms with Crippen LogP contribution in [0.3, 0.4) is 0 Å². The summed E-state index contributed by atoms with van der Waals surface area (Å²) in [7, 11) is 0.